The van der Waals surface area contributed by atoms with E-state index in [1.165, 1.54) is 37.7 Å². The third kappa shape index (κ3) is 7.94. The molecule has 3 N–H and O–H groups in total. The first-order chi connectivity index (χ1) is 16.2. The van der Waals surface area contributed by atoms with Gasteiger partial charge in [0.05, 0.1) is 17.1 Å². The fraction of sp³-hybridized carbons (Fsp3) is 0.692. The Kier molecular flexibility index (Phi) is 9.89. The van der Waals surface area contributed by atoms with Crippen LogP contribution in [0.4, 0.5) is 0 Å². The average molecular weight is 489 g/mol. The van der Waals surface area contributed by atoms with Crippen molar-refractivity contribution in [1.29, 1.82) is 0 Å². The molecule has 2 heterocycles. The van der Waals surface area contributed by atoms with Gasteiger partial charge in [0.2, 0.25) is 5.91 Å². The summed E-state index contributed by atoms with van der Waals surface area (Å²) in [7, 11) is 0. The summed E-state index contributed by atoms with van der Waals surface area (Å²) < 4.78 is 0. The predicted molar refractivity (Wildman–Crippen MR) is 142 cm³/mol. The number of amides is 1. The van der Waals surface area contributed by atoms with Gasteiger partial charge in [-0.15, -0.1) is 11.8 Å². The van der Waals surface area contributed by atoms with E-state index in [0.29, 0.717) is 6.04 Å². The zero-order chi connectivity index (χ0) is 22.9. The summed E-state index contributed by atoms with van der Waals surface area (Å²) in [6, 6.07) is 11.0. The molecular weight excluding hydrogens is 448 g/mol. The van der Waals surface area contributed by atoms with Crippen molar-refractivity contribution in [2.45, 2.75) is 82.5 Å². The molecule has 1 amide bonds. The van der Waals surface area contributed by atoms with Gasteiger partial charge < -0.3 is 10.6 Å². The second kappa shape index (κ2) is 13.1. The summed E-state index contributed by atoms with van der Waals surface area (Å²) in [5, 5.41) is 10.2. The summed E-state index contributed by atoms with van der Waals surface area (Å²) in [6.07, 6.45) is 11.1. The molecule has 3 fully saturated rings. The van der Waals surface area contributed by atoms with Crippen molar-refractivity contribution in [1.82, 2.24) is 20.9 Å². The number of thioether (sulfide) groups is 1. The third-order valence-electron chi connectivity index (χ3n) is 7.44. The van der Waals surface area contributed by atoms with E-state index in [1.54, 1.807) is 11.8 Å². The van der Waals surface area contributed by atoms with E-state index in [4.69, 9.17) is 12.2 Å². The smallest absolute Gasteiger partial charge is 0.238 e. The van der Waals surface area contributed by atoms with Crippen molar-refractivity contribution < 1.29 is 4.79 Å². The van der Waals surface area contributed by atoms with Gasteiger partial charge >= 0.3 is 0 Å². The Bertz CT molecular complexity index is 742. The van der Waals surface area contributed by atoms with Gasteiger partial charge in [-0.2, -0.15) is 0 Å². The van der Waals surface area contributed by atoms with E-state index in [2.05, 4.69) is 51.2 Å². The van der Waals surface area contributed by atoms with Crippen LogP contribution in [0.2, 0.25) is 0 Å². The van der Waals surface area contributed by atoms with Crippen molar-refractivity contribution in [3.63, 3.8) is 0 Å². The number of rotatable bonds is 9. The van der Waals surface area contributed by atoms with Crippen LogP contribution in [0.25, 0.3) is 0 Å². The Morgan fingerprint density at radius 3 is 2.58 bits per heavy atom. The summed E-state index contributed by atoms with van der Waals surface area (Å²) in [4.78, 5) is 16.2. The molecule has 4 rings (SSSR count). The number of benzene rings is 1. The van der Waals surface area contributed by atoms with Crippen LogP contribution in [0.15, 0.2) is 30.3 Å². The number of carbonyl (C=O) groups excluding carboxylic acids is 1. The van der Waals surface area contributed by atoms with Crippen molar-refractivity contribution >= 4 is 34.9 Å². The molecule has 1 saturated carbocycles. The highest BCUT2D eigenvalue weighted by molar-refractivity contribution is 7.99. The molecule has 0 bridgehead atoms. The van der Waals surface area contributed by atoms with Crippen LogP contribution in [-0.4, -0.2) is 58.6 Å². The van der Waals surface area contributed by atoms with Crippen LogP contribution in [0.1, 0.15) is 63.4 Å². The average Bonchev–Trinajstić information content (AvgIpc) is 3.39. The fourth-order valence-electron chi connectivity index (χ4n) is 5.36. The van der Waals surface area contributed by atoms with Crippen LogP contribution in [-0.2, 0) is 11.3 Å². The number of nitrogens with one attached hydrogen (secondary N) is 3. The van der Waals surface area contributed by atoms with Gasteiger partial charge in [0.15, 0.2) is 0 Å². The van der Waals surface area contributed by atoms with Gasteiger partial charge in [-0.3, -0.25) is 15.0 Å². The number of hydrogen-bond acceptors (Lipinski definition) is 5. The first-order valence-corrected chi connectivity index (χ1v) is 14.4. The zero-order valence-corrected chi connectivity index (χ0v) is 21.4. The van der Waals surface area contributed by atoms with E-state index in [-0.39, 0.29) is 18.0 Å². The molecule has 1 aromatic rings. The first kappa shape index (κ1) is 25.0. The largest absolute Gasteiger partial charge is 0.375 e. The van der Waals surface area contributed by atoms with E-state index in [1.807, 2.05) is 0 Å². The molecule has 5 nitrogen and oxygen atoms in total. The Morgan fingerprint density at radius 1 is 1.12 bits per heavy atom. The monoisotopic (exact) mass is 488 g/mol. The number of piperidine rings is 1. The van der Waals surface area contributed by atoms with Crippen molar-refractivity contribution in [3.8, 4) is 0 Å². The van der Waals surface area contributed by atoms with Crippen LogP contribution >= 0.6 is 24.0 Å². The molecule has 33 heavy (non-hydrogen) atoms. The summed E-state index contributed by atoms with van der Waals surface area (Å²) >= 11 is 7.67. The maximum atomic E-state index is 12.8. The van der Waals surface area contributed by atoms with Gasteiger partial charge in [0.25, 0.3) is 0 Å². The van der Waals surface area contributed by atoms with E-state index in [0.717, 1.165) is 67.9 Å². The Balaban J connectivity index is 1.26. The highest BCUT2D eigenvalue weighted by Gasteiger charge is 2.28. The van der Waals surface area contributed by atoms with Gasteiger partial charge in [0, 0.05) is 37.3 Å². The number of thiocarbonyl (C=S) groups is 1. The lowest BCUT2D eigenvalue weighted by Gasteiger charge is -2.34. The predicted octanol–water partition coefficient (Wildman–Crippen LogP) is 4.08. The van der Waals surface area contributed by atoms with Crippen LogP contribution in [0, 0.1) is 5.92 Å². The molecule has 2 aliphatic heterocycles. The Labute approximate surface area is 209 Å². The highest BCUT2D eigenvalue weighted by atomic mass is 32.2. The van der Waals surface area contributed by atoms with Crippen molar-refractivity contribution in [3.05, 3.63) is 35.9 Å². The fourth-order valence-corrected chi connectivity index (χ4v) is 6.65. The molecule has 0 spiro atoms. The van der Waals surface area contributed by atoms with Crippen LogP contribution in [0.3, 0.4) is 0 Å². The highest BCUT2D eigenvalue weighted by Crippen LogP contribution is 2.28. The van der Waals surface area contributed by atoms with E-state index in [9.17, 15) is 4.79 Å². The lowest BCUT2D eigenvalue weighted by atomic mass is 9.85. The normalized spacial score (nSPS) is 23.8. The number of hydrogen-bond donors (Lipinski definition) is 3. The third-order valence-corrected chi connectivity index (χ3v) is 8.78. The van der Waals surface area contributed by atoms with Crippen molar-refractivity contribution in [2.75, 3.05) is 24.7 Å². The SMILES string of the molecule is O=C(N[C@H](CCC1CCCCC1)C(=S)NC1CCN(Cc2ccccc2)CC1)[C@@H]1CSCN1. The molecular formula is C26H40N4OS2. The lowest BCUT2D eigenvalue weighted by molar-refractivity contribution is -0.122. The number of nitrogens with zero attached hydrogens (tertiary/aromatic N) is 1. The van der Waals surface area contributed by atoms with E-state index < -0.39 is 0 Å². The van der Waals surface area contributed by atoms with Crippen LogP contribution in [0.5, 0.6) is 0 Å². The molecule has 0 unspecified atom stereocenters. The Morgan fingerprint density at radius 2 is 1.88 bits per heavy atom. The topological polar surface area (TPSA) is 56.4 Å². The summed E-state index contributed by atoms with van der Waals surface area (Å²) in [5.74, 6) is 2.61. The molecule has 7 heteroatoms. The second-order valence-corrected chi connectivity index (χ2v) is 11.4. The maximum absolute atomic E-state index is 12.8. The van der Waals surface area contributed by atoms with Gasteiger partial charge in [-0.1, -0.05) is 74.7 Å². The van der Waals surface area contributed by atoms with Gasteiger partial charge in [-0.25, -0.2) is 0 Å². The van der Waals surface area contributed by atoms with Gasteiger partial charge in [-0.05, 0) is 37.2 Å². The number of carbonyl (C=O) groups is 1. The maximum Gasteiger partial charge on any atom is 0.238 e. The quantitative estimate of drug-likeness (QED) is 0.456. The molecule has 0 aromatic heterocycles. The number of likely N-dealkylation sites (tertiary alicyclic amines) is 1. The van der Waals surface area contributed by atoms with Gasteiger partial charge in [0.1, 0.15) is 0 Å². The molecule has 3 aliphatic rings. The molecule has 0 radical (unpaired) electrons. The second-order valence-electron chi connectivity index (χ2n) is 9.96. The van der Waals surface area contributed by atoms with Crippen LogP contribution < -0.4 is 16.0 Å². The minimum atomic E-state index is -0.0868. The summed E-state index contributed by atoms with van der Waals surface area (Å²) in [5.41, 5.74) is 1.38. The minimum absolute atomic E-state index is 0.0517. The molecule has 182 valence electrons. The Hall–Kier alpha value is -1.15. The molecule has 1 aromatic carbocycles. The minimum Gasteiger partial charge on any atom is -0.375 e. The zero-order valence-electron chi connectivity index (χ0n) is 19.8. The van der Waals surface area contributed by atoms with E-state index >= 15 is 0 Å². The lowest BCUT2D eigenvalue weighted by Crippen LogP contribution is -2.54. The summed E-state index contributed by atoms with van der Waals surface area (Å²) in [6.45, 7) is 3.18. The molecule has 1 aliphatic carbocycles. The standard InChI is InChI=1S/C26H40N4OS2/c31-25(24-18-33-19-27-24)29-23(12-11-20-7-3-1-4-8-20)26(32)28-22-13-15-30(16-14-22)17-21-9-5-2-6-10-21/h2,5-6,9-10,20,22-24,27H,1,3-4,7-8,11-19H2,(H,28,32)(H,29,31)/t23-,24+/m1/s1. The molecule has 2 saturated heterocycles. The van der Waals surface area contributed by atoms with Crippen molar-refractivity contribution in [2.24, 2.45) is 5.92 Å². The first-order valence-electron chi connectivity index (χ1n) is 12.9. The molecule has 2 atom stereocenters.